The number of nitro groups is 1. The molecule has 0 saturated carbocycles. The Balaban J connectivity index is 2.76. The predicted molar refractivity (Wildman–Crippen MR) is 79.7 cm³/mol. The Kier molecular flexibility index (Phi) is 4.02. The minimum atomic E-state index is -0.497. The maximum Gasteiger partial charge on any atom is 0.313 e. The monoisotopic (exact) mass is 288 g/mol. The molecule has 21 heavy (non-hydrogen) atoms. The predicted octanol–water partition coefficient (Wildman–Crippen LogP) is 2.72. The average molecular weight is 288 g/mol. The standard InChI is InChI=1S/C14H16N4O3/c1-8-5-6-10(13(21-4)9(8)2)12-11(18(19)20)7-16-14(15-3)17-12/h5-7H,1-4H3,(H,15,16,17). The van der Waals surface area contributed by atoms with E-state index in [0.717, 1.165) is 11.1 Å². The van der Waals surface area contributed by atoms with E-state index in [4.69, 9.17) is 4.74 Å². The van der Waals surface area contributed by atoms with E-state index < -0.39 is 4.92 Å². The number of anilines is 1. The maximum atomic E-state index is 11.2. The van der Waals surface area contributed by atoms with Gasteiger partial charge < -0.3 is 10.1 Å². The molecular weight excluding hydrogens is 272 g/mol. The third-order valence-electron chi connectivity index (χ3n) is 3.33. The number of hydrogen-bond donors (Lipinski definition) is 1. The van der Waals surface area contributed by atoms with Crippen molar-refractivity contribution in [2.24, 2.45) is 0 Å². The molecule has 2 rings (SSSR count). The third-order valence-corrected chi connectivity index (χ3v) is 3.33. The maximum absolute atomic E-state index is 11.2. The lowest BCUT2D eigenvalue weighted by Crippen LogP contribution is -2.03. The Morgan fingerprint density at radius 1 is 1.33 bits per heavy atom. The van der Waals surface area contributed by atoms with Crippen LogP contribution in [0.5, 0.6) is 5.75 Å². The first-order chi connectivity index (χ1) is 9.99. The lowest BCUT2D eigenvalue weighted by Gasteiger charge is -2.13. The van der Waals surface area contributed by atoms with Crippen molar-refractivity contribution in [3.8, 4) is 17.0 Å². The molecule has 0 aliphatic heterocycles. The third kappa shape index (κ3) is 2.62. The molecule has 0 amide bonds. The van der Waals surface area contributed by atoms with Gasteiger partial charge in [-0.3, -0.25) is 10.1 Å². The number of nitrogens with one attached hydrogen (secondary N) is 1. The second-order valence-corrected chi connectivity index (χ2v) is 4.52. The zero-order valence-corrected chi connectivity index (χ0v) is 12.3. The van der Waals surface area contributed by atoms with Crippen LogP contribution in [0, 0.1) is 24.0 Å². The Hall–Kier alpha value is -2.70. The van der Waals surface area contributed by atoms with E-state index in [2.05, 4.69) is 15.3 Å². The summed E-state index contributed by atoms with van der Waals surface area (Å²) in [7, 11) is 3.19. The van der Waals surface area contributed by atoms with E-state index in [1.54, 1.807) is 13.1 Å². The number of methoxy groups -OCH3 is 1. The highest BCUT2D eigenvalue weighted by Crippen LogP contribution is 2.37. The molecular formula is C14H16N4O3. The lowest BCUT2D eigenvalue weighted by molar-refractivity contribution is -0.384. The number of benzene rings is 1. The van der Waals surface area contributed by atoms with Gasteiger partial charge in [0.2, 0.25) is 5.95 Å². The van der Waals surface area contributed by atoms with Crippen LogP contribution in [-0.4, -0.2) is 29.0 Å². The van der Waals surface area contributed by atoms with Crippen LogP contribution in [0.3, 0.4) is 0 Å². The lowest BCUT2D eigenvalue weighted by atomic mass is 10.0. The highest BCUT2D eigenvalue weighted by Gasteiger charge is 2.22. The summed E-state index contributed by atoms with van der Waals surface area (Å²) in [6, 6.07) is 3.66. The number of nitrogens with zero attached hydrogens (tertiary/aromatic N) is 3. The zero-order chi connectivity index (χ0) is 15.6. The smallest absolute Gasteiger partial charge is 0.313 e. The summed E-state index contributed by atoms with van der Waals surface area (Å²) in [4.78, 5) is 18.8. The molecule has 7 nitrogen and oxygen atoms in total. The van der Waals surface area contributed by atoms with Crippen LogP contribution >= 0.6 is 0 Å². The molecule has 0 fully saturated rings. The first kappa shape index (κ1) is 14.7. The van der Waals surface area contributed by atoms with Crippen molar-refractivity contribution in [2.45, 2.75) is 13.8 Å². The van der Waals surface area contributed by atoms with Gasteiger partial charge in [-0.15, -0.1) is 0 Å². The minimum Gasteiger partial charge on any atom is -0.496 e. The molecule has 0 aliphatic carbocycles. The zero-order valence-electron chi connectivity index (χ0n) is 12.3. The fraction of sp³-hybridized carbons (Fsp3) is 0.286. The van der Waals surface area contributed by atoms with Gasteiger partial charge in [0.1, 0.15) is 11.9 Å². The average Bonchev–Trinajstić information content (AvgIpc) is 2.49. The van der Waals surface area contributed by atoms with Crippen molar-refractivity contribution in [1.29, 1.82) is 0 Å². The van der Waals surface area contributed by atoms with E-state index in [9.17, 15) is 10.1 Å². The van der Waals surface area contributed by atoms with E-state index in [1.165, 1.54) is 13.3 Å². The van der Waals surface area contributed by atoms with Crippen molar-refractivity contribution in [3.05, 3.63) is 39.6 Å². The molecule has 7 heteroatoms. The fourth-order valence-corrected chi connectivity index (χ4v) is 2.07. The van der Waals surface area contributed by atoms with Gasteiger partial charge in [-0.1, -0.05) is 6.07 Å². The highest BCUT2D eigenvalue weighted by molar-refractivity contribution is 5.77. The van der Waals surface area contributed by atoms with E-state index >= 15 is 0 Å². The van der Waals surface area contributed by atoms with Crippen molar-refractivity contribution in [1.82, 2.24) is 9.97 Å². The Morgan fingerprint density at radius 3 is 2.62 bits per heavy atom. The number of aryl methyl sites for hydroxylation is 1. The van der Waals surface area contributed by atoms with Gasteiger partial charge in [0.15, 0.2) is 5.69 Å². The van der Waals surface area contributed by atoms with E-state index in [1.807, 2.05) is 19.9 Å². The van der Waals surface area contributed by atoms with E-state index in [0.29, 0.717) is 17.3 Å². The molecule has 1 aromatic carbocycles. The largest absolute Gasteiger partial charge is 0.496 e. The molecule has 1 aromatic heterocycles. The molecule has 0 saturated heterocycles. The van der Waals surface area contributed by atoms with Gasteiger partial charge >= 0.3 is 5.69 Å². The molecule has 1 N–H and O–H groups in total. The molecule has 0 radical (unpaired) electrons. The Bertz CT molecular complexity index is 701. The van der Waals surface area contributed by atoms with Gasteiger partial charge in [0, 0.05) is 12.6 Å². The Morgan fingerprint density at radius 2 is 2.05 bits per heavy atom. The topological polar surface area (TPSA) is 90.2 Å². The SMILES string of the molecule is CNc1ncc([N+](=O)[O-])c(-c2ccc(C)c(C)c2OC)n1. The highest BCUT2D eigenvalue weighted by atomic mass is 16.6. The Labute approximate surface area is 122 Å². The number of hydrogen-bond acceptors (Lipinski definition) is 6. The molecule has 0 atom stereocenters. The van der Waals surface area contributed by atoms with Crippen molar-refractivity contribution >= 4 is 11.6 Å². The summed E-state index contributed by atoms with van der Waals surface area (Å²) in [6.45, 7) is 3.86. The summed E-state index contributed by atoms with van der Waals surface area (Å²) < 4.78 is 5.42. The molecule has 1 heterocycles. The molecule has 0 spiro atoms. The van der Waals surface area contributed by atoms with E-state index in [-0.39, 0.29) is 11.4 Å². The molecule has 2 aromatic rings. The number of aromatic nitrogens is 2. The van der Waals surface area contributed by atoms with Crippen LogP contribution < -0.4 is 10.1 Å². The van der Waals surface area contributed by atoms with Gasteiger partial charge in [-0.2, -0.15) is 0 Å². The van der Waals surface area contributed by atoms with Gasteiger partial charge in [0.25, 0.3) is 0 Å². The molecule has 0 aliphatic rings. The van der Waals surface area contributed by atoms with Crippen LogP contribution in [0.25, 0.3) is 11.3 Å². The fourth-order valence-electron chi connectivity index (χ4n) is 2.07. The molecule has 0 unspecified atom stereocenters. The number of rotatable bonds is 4. The van der Waals surface area contributed by atoms with Gasteiger partial charge in [-0.05, 0) is 31.0 Å². The van der Waals surface area contributed by atoms with Gasteiger partial charge in [-0.25, -0.2) is 9.97 Å². The van der Waals surface area contributed by atoms with Crippen molar-refractivity contribution < 1.29 is 9.66 Å². The first-order valence-electron chi connectivity index (χ1n) is 6.33. The molecule has 110 valence electrons. The van der Waals surface area contributed by atoms with Crippen LogP contribution in [0.1, 0.15) is 11.1 Å². The first-order valence-corrected chi connectivity index (χ1v) is 6.33. The van der Waals surface area contributed by atoms with Crippen molar-refractivity contribution in [2.75, 3.05) is 19.5 Å². The van der Waals surface area contributed by atoms with Crippen LogP contribution in [0.4, 0.5) is 11.6 Å². The summed E-state index contributed by atoms with van der Waals surface area (Å²) >= 11 is 0. The summed E-state index contributed by atoms with van der Waals surface area (Å²) in [5.41, 5.74) is 2.62. The van der Waals surface area contributed by atoms with Crippen LogP contribution in [0.2, 0.25) is 0 Å². The quantitative estimate of drug-likeness (QED) is 0.687. The van der Waals surface area contributed by atoms with Crippen LogP contribution in [-0.2, 0) is 0 Å². The number of ether oxygens (including phenoxy) is 1. The minimum absolute atomic E-state index is 0.157. The van der Waals surface area contributed by atoms with Crippen molar-refractivity contribution in [3.63, 3.8) is 0 Å². The summed E-state index contributed by atoms with van der Waals surface area (Å²) in [6.07, 6.45) is 1.20. The van der Waals surface area contributed by atoms with Gasteiger partial charge in [0.05, 0.1) is 12.0 Å². The summed E-state index contributed by atoms with van der Waals surface area (Å²) in [5.74, 6) is 0.898. The normalized spacial score (nSPS) is 10.3. The molecule has 0 bridgehead atoms. The second-order valence-electron chi connectivity index (χ2n) is 4.52. The second kappa shape index (κ2) is 5.74. The van der Waals surface area contributed by atoms with Crippen LogP contribution in [0.15, 0.2) is 18.3 Å². The summed E-state index contributed by atoms with van der Waals surface area (Å²) in [5, 5.41) is 14.0.